The lowest BCUT2D eigenvalue weighted by atomic mass is 10.1. The zero-order valence-electron chi connectivity index (χ0n) is 14.6. The highest BCUT2D eigenvalue weighted by Crippen LogP contribution is 2.22. The van der Waals surface area contributed by atoms with Crippen LogP contribution in [-0.4, -0.2) is 14.0 Å². The van der Waals surface area contributed by atoms with Crippen LogP contribution in [-0.2, 0) is 6.42 Å². The van der Waals surface area contributed by atoms with E-state index in [1.165, 1.54) is 5.56 Å². The molecule has 0 aliphatic heterocycles. The number of halogens is 1. The second-order valence-corrected chi connectivity index (χ2v) is 6.67. The first-order chi connectivity index (χ1) is 12.6. The van der Waals surface area contributed by atoms with Crippen LogP contribution in [0, 0.1) is 6.92 Å². The second-order valence-electron chi connectivity index (χ2n) is 6.26. The summed E-state index contributed by atoms with van der Waals surface area (Å²) in [6, 6.07) is 13.8. The summed E-state index contributed by atoms with van der Waals surface area (Å²) in [6.45, 7) is 4.03. The summed E-state index contributed by atoms with van der Waals surface area (Å²) < 4.78 is 3.36. The summed E-state index contributed by atoms with van der Waals surface area (Å²) in [5.41, 5.74) is 4.90. The summed E-state index contributed by atoms with van der Waals surface area (Å²) in [5.74, 6) is 0. The largest absolute Gasteiger partial charge is 0.300 e. The van der Waals surface area contributed by atoms with Gasteiger partial charge in [0.1, 0.15) is 0 Å². The Morgan fingerprint density at radius 1 is 1.08 bits per heavy atom. The molecule has 4 rings (SSSR count). The van der Waals surface area contributed by atoms with Crippen LogP contribution in [0.15, 0.2) is 65.8 Å². The van der Waals surface area contributed by atoms with E-state index in [-0.39, 0.29) is 5.56 Å². The normalized spacial score (nSPS) is 11.2. The highest BCUT2D eigenvalue weighted by Gasteiger charge is 2.12. The number of imidazole rings is 1. The van der Waals surface area contributed by atoms with Gasteiger partial charge in [0.25, 0.3) is 5.56 Å². The molecule has 5 heteroatoms. The van der Waals surface area contributed by atoms with E-state index < -0.39 is 0 Å². The number of fused-ring (bicyclic) bond motifs is 1. The van der Waals surface area contributed by atoms with Crippen molar-refractivity contribution in [2.45, 2.75) is 20.3 Å². The molecule has 0 aliphatic carbocycles. The van der Waals surface area contributed by atoms with Gasteiger partial charge in [-0.3, -0.25) is 9.36 Å². The van der Waals surface area contributed by atoms with Crippen molar-refractivity contribution in [1.82, 2.24) is 14.0 Å². The fraction of sp³-hybridized carbons (Fsp3) is 0.143. The fourth-order valence-corrected chi connectivity index (χ4v) is 3.25. The molecule has 0 bridgehead atoms. The maximum absolute atomic E-state index is 13.0. The quantitative estimate of drug-likeness (QED) is 0.530. The van der Waals surface area contributed by atoms with Crippen molar-refractivity contribution in [3.8, 4) is 16.9 Å². The lowest BCUT2D eigenvalue weighted by Gasteiger charge is -2.10. The van der Waals surface area contributed by atoms with Crippen molar-refractivity contribution in [3.05, 3.63) is 87.6 Å². The molecule has 0 saturated carbocycles. The van der Waals surface area contributed by atoms with E-state index in [2.05, 4.69) is 24.0 Å². The van der Waals surface area contributed by atoms with E-state index in [1.807, 2.05) is 49.6 Å². The van der Waals surface area contributed by atoms with Gasteiger partial charge in [-0.2, -0.15) is 0 Å². The number of rotatable bonds is 3. The molecule has 26 heavy (non-hydrogen) atoms. The number of aryl methyl sites for hydroxylation is 1. The monoisotopic (exact) mass is 363 g/mol. The van der Waals surface area contributed by atoms with Crippen LogP contribution in [0.25, 0.3) is 22.6 Å². The Morgan fingerprint density at radius 3 is 2.58 bits per heavy atom. The van der Waals surface area contributed by atoms with Crippen LogP contribution >= 0.6 is 11.6 Å². The maximum atomic E-state index is 13.0. The zero-order chi connectivity index (χ0) is 18.3. The first-order valence-corrected chi connectivity index (χ1v) is 8.91. The summed E-state index contributed by atoms with van der Waals surface area (Å²) >= 11 is 6.21. The van der Waals surface area contributed by atoms with Crippen molar-refractivity contribution in [2.24, 2.45) is 0 Å². The SMILES string of the molecule is CCc1ccc(-c2cn3ccn(-c4cccc(Cl)c4C)c(=O)c3n2)cc1. The summed E-state index contributed by atoms with van der Waals surface area (Å²) in [6.07, 6.45) is 6.47. The zero-order valence-corrected chi connectivity index (χ0v) is 15.4. The highest BCUT2D eigenvalue weighted by molar-refractivity contribution is 6.31. The minimum atomic E-state index is -0.172. The molecule has 0 unspecified atom stereocenters. The number of aromatic nitrogens is 3. The molecule has 0 amide bonds. The van der Waals surface area contributed by atoms with E-state index in [0.717, 1.165) is 28.9 Å². The third-order valence-corrected chi connectivity index (χ3v) is 5.08. The van der Waals surface area contributed by atoms with Gasteiger partial charge in [0.15, 0.2) is 0 Å². The highest BCUT2D eigenvalue weighted by atomic mass is 35.5. The molecule has 0 fully saturated rings. The summed E-state index contributed by atoms with van der Waals surface area (Å²) in [7, 11) is 0. The number of nitrogens with zero attached hydrogens (tertiary/aromatic N) is 3. The Balaban J connectivity index is 1.86. The minimum absolute atomic E-state index is 0.172. The average Bonchev–Trinajstić information content (AvgIpc) is 3.10. The molecule has 0 N–H and O–H groups in total. The van der Waals surface area contributed by atoms with Crippen LogP contribution in [0.1, 0.15) is 18.1 Å². The third kappa shape index (κ3) is 2.72. The molecule has 2 aromatic heterocycles. The van der Waals surface area contributed by atoms with Gasteiger partial charge < -0.3 is 4.40 Å². The Morgan fingerprint density at radius 2 is 1.85 bits per heavy atom. The predicted octanol–water partition coefficient (Wildman–Crippen LogP) is 4.68. The second kappa shape index (κ2) is 6.46. The Labute approximate surface area is 156 Å². The molecule has 0 aliphatic rings. The van der Waals surface area contributed by atoms with Crippen molar-refractivity contribution in [2.75, 3.05) is 0 Å². The van der Waals surface area contributed by atoms with Crippen LogP contribution in [0.5, 0.6) is 0 Å². The molecular formula is C21H18ClN3O. The molecule has 2 heterocycles. The molecular weight excluding hydrogens is 346 g/mol. The van der Waals surface area contributed by atoms with Gasteiger partial charge >= 0.3 is 0 Å². The number of benzene rings is 2. The smallest absolute Gasteiger partial charge is 0.298 e. The Kier molecular flexibility index (Phi) is 4.13. The van der Waals surface area contributed by atoms with E-state index in [4.69, 9.17) is 11.6 Å². The van der Waals surface area contributed by atoms with Crippen LogP contribution in [0.2, 0.25) is 5.02 Å². The van der Waals surface area contributed by atoms with E-state index >= 15 is 0 Å². The average molecular weight is 364 g/mol. The number of hydrogen-bond donors (Lipinski definition) is 0. The summed E-state index contributed by atoms with van der Waals surface area (Å²) in [4.78, 5) is 17.5. The van der Waals surface area contributed by atoms with Crippen LogP contribution in [0.3, 0.4) is 0 Å². The Hall–Kier alpha value is -2.85. The van der Waals surface area contributed by atoms with Gasteiger partial charge in [0.05, 0.1) is 11.4 Å². The van der Waals surface area contributed by atoms with Gasteiger partial charge in [-0.25, -0.2) is 4.98 Å². The fourth-order valence-electron chi connectivity index (χ4n) is 3.08. The predicted molar refractivity (Wildman–Crippen MR) is 105 cm³/mol. The first kappa shape index (κ1) is 16.6. The maximum Gasteiger partial charge on any atom is 0.298 e. The van der Waals surface area contributed by atoms with Crippen molar-refractivity contribution in [3.63, 3.8) is 0 Å². The van der Waals surface area contributed by atoms with Gasteiger partial charge in [-0.1, -0.05) is 48.9 Å². The van der Waals surface area contributed by atoms with Gasteiger partial charge in [0.2, 0.25) is 5.65 Å². The van der Waals surface area contributed by atoms with Crippen molar-refractivity contribution in [1.29, 1.82) is 0 Å². The van der Waals surface area contributed by atoms with Gasteiger partial charge in [-0.05, 0) is 36.6 Å². The molecule has 2 aromatic carbocycles. The minimum Gasteiger partial charge on any atom is -0.300 e. The molecule has 0 spiro atoms. The standard InChI is InChI=1S/C21H18ClN3O/c1-3-15-7-9-16(10-8-15)18-13-24-11-12-25(21(26)20(24)23-18)19-6-4-5-17(22)14(19)2/h4-13H,3H2,1-2H3. The third-order valence-electron chi connectivity index (χ3n) is 4.68. The van der Waals surface area contributed by atoms with Crippen molar-refractivity contribution >= 4 is 17.2 Å². The molecule has 4 aromatic rings. The van der Waals surface area contributed by atoms with Gasteiger partial charge in [-0.15, -0.1) is 0 Å². The molecule has 4 nitrogen and oxygen atoms in total. The lowest BCUT2D eigenvalue weighted by molar-refractivity contribution is 0.941. The lowest BCUT2D eigenvalue weighted by Crippen LogP contribution is -2.20. The van der Waals surface area contributed by atoms with Crippen LogP contribution < -0.4 is 5.56 Å². The molecule has 0 saturated heterocycles. The molecule has 130 valence electrons. The number of hydrogen-bond acceptors (Lipinski definition) is 2. The van der Waals surface area contributed by atoms with E-state index in [0.29, 0.717) is 10.7 Å². The molecule has 0 radical (unpaired) electrons. The first-order valence-electron chi connectivity index (χ1n) is 8.53. The van der Waals surface area contributed by atoms with E-state index in [9.17, 15) is 4.79 Å². The molecule has 0 atom stereocenters. The van der Waals surface area contributed by atoms with Crippen molar-refractivity contribution < 1.29 is 0 Å². The van der Waals surface area contributed by atoms with Crippen LogP contribution in [0.4, 0.5) is 0 Å². The van der Waals surface area contributed by atoms with E-state index in [1.54, 1.807) is 15.2 Å². The Bertz CT molecular complexity index is 1160. The topological polar surface area (TPSA) is 39.3 Å². The van der Waals surface area contributed by atoms with Gasteiger partial charge in [0, 0.05) is 29.2 Å². The summed E-state index contributed by atoms with van der Waals surface area (Å²) in [5, 5.41) is 0.634.